The highest BCUT2D eigenvalue weighted by molar-refractivity contribution is 8.76. The molecule has 1 N–H and O–H groups in total. The lowest BCUT2D eigenvalue weighted by atomic mass is 10.1. The molecule has 0 aliphatic rings. The predicted octanol–water partition coefficient (Wildman–Crippen LogP) is 5.19. The van der Waals surface area contributed by atoms with Gasteiger partial charge in [0, 0.05) is 16.6 Å². The van der Waals surface area contributed by atoms with Crippen LogP contribution in [0.2, 0.25) is 0 Å². The summed E-state index contributed by atoms with van der Waals surface area (Å²) >= 11 is 1.90. The zero-order chi connectivity index (χ0) is 14.6. The van der Waals surface area contributed by atoms with Gasteiger partial charge < -0.3 is 5.11 Å². The first-order valence-electron chi connectivity index (χ1n) is 6.81. The maximum Gasteiger partial charge on any atom is 0.303 e. The van der Waals surface area contributed by atoms with Gasteiger partial charge in [0.05, 0.1) is 0 Å². The monoisotopic (exact) mass is 330 g/mol. The first-order valence-corrected chi connectivity index (χ1v) is 10.4. The van der Waals surface area contributed by atoms with Crippen molar-refractivity contribution in [3.8, 4) is 0 Å². The van der Waals surface area contributed by atoms with E-state index in [-0.39, 0.29) is 0 Å². The maximum absolute atomic E-state index is 10.5. The summed E-state index contributed by atoms with van der Waals surface area (Å²) in [5.74, 6) is 0.444. The van der Waals surface area contributed by atoms with E-state index in [0.29, 0.717) is 11.7 Å². The SMILES string of the molecule is CSSC(CCCCC(=O)O)CCSc1ccccc1. The van der Waals surface area contributed by atoms with Gasteiger partial charge in [-0.25, -0.2) is 0 Å². The molecule has 112 valence electrons. The molecule has 0 amide bonds. The van der Waals surface area contributed by atoms with Gasteiger partial charge in [-0.1, -0.05) is 46.2 Å². The number of unbranched alkanes of at least 4 members (excludes halogenated alkanes) is 1. The Morgan fingerprint density at radius 3 is 2.60 bits per heavy atom. The van der Waals surface area contributed by atoms with Crippen LogP contribution in [0.4, 0.5) is 0 Å². The Kier molecular flexibility index (Phi) is 10.1. The first-order chi connectivity index (χ1) is 9.72. The molecule has 0 spiro atoms. The second kappa shape index (κ2) is 11.4. The summed E-state index contributed by atoms with van der Waals surface area (Å²) in [5.41, 5.74) is 0. The molecule has 0 aliphatic carbocycles. The third-order valence-corrected chi connectivity index (χ3v) is 6.23. The predicted molar refractivity (Wildman–Crippen MR) is 92.8 cm³/mol. The molecule has 1 aromatic rings. The molecular weight excluding hydrogens is 308 g/mol. The van der Waals surface area contributed by atoms with Gasteiger partial charge in [0.15, 0.2) is 0 Å². The number of hydrogen-bond donors (Lipinski definition) is 1. The number of thioether (sulfide) groups is 1. The topological polar surface area (TPSA) is 37.3 Å². The number of carbonyl (C=O) groups is 1. The molecule has 1 unspecified atom stereocenters. The minimum atomic E-state index is -0.682. The summed E-state index contributed by atoms with van der Waals surface area (Å²) < 4.78 is 0. The van der Waals surface area contributed by atoms with Crippen molar-refractivity contribution < 1.29 is 9.90 Å². The second-order valence-electron chi connectivity index (χ2n) is 4.47. The Morgan fingerprint density at radius 2 is 1.95 bits per heavy atom. The minimum Gasteiger partial charge on any atom is -0.481 e. The highest BCUT2D eigenvalue weighted by Gasteiger charge is 2.09. The average Bonchev–Trinajstić information content (AvgIpc) is 2.44. The molecule has 0 radical (unpaired) electrons. The van der Waals surface area contributed by atoms with E-state index in [4.69, 9.17) is 5.11 Å². The molecule has 1 aromatic carbocycles. The van der Waals surface area contributed by atoms with Gasteiger partial charge in [0.25, 0.3) is 0 Å². The zero-order valence-corrected chi connectivity index (χ0v) is 14.2. The van der Waals surface area contributed by atoms with E-state index in [9.17, 15) is 4.79 Å². The van der Waals surface area contributed by atoms with Crippen molar-refractivity contribution in [2.45, 2.75) is 42.2 Å². The van der Waals surface area contributed by atoms with E-state index in [2.05, 4.69) is 30.5 Å². The lowest BCUT2D eigenvalue weighted by Gasteiger charge is -2.14. The highest BCUT2D eigenvalue weighted by Crippen LogP contribution is 2.31. The Balaban J connectivity index is 2.19. The summed E-state index contributed by atoms with van der Waals surface area (Å²) in [5, 5.41) is 9.27. The Labute approximate surface area is 133 Å². The summed E-state index contributed by atoms with van der Waals surface area (Å²) in [7, 11) is 3.74. The van der Waals surface area contributed by atoms with Gasteiger partial charge in [0.1, 0.15) is 0 Å². The number of carboxylic acid groups (broad SMARTS) is 1. The van der Waals surface area contributed by atoms with E-state index < -0.39 is 5.97 Å². The molecule has 0 heterocycles. The number of carboxylic acids is 1. The largest absolute Gasteiger partial charge is 0.481 e. The van der Waals surface area contributed by atoms with Gasteiger partial charge in [-0.15, -0.1) is 11.8 Å². The van der Waals surface area contributed by atoms with Crippen LogP contribution in [0.3, 0.4) is 0 Å². The average molecular weight is 331 g/mol. The second-order valence-corrected chi connectivity index (χ2v) is 8.41. The molecular formula is C15H22O2S3. The third-order valence-electron chi connectivity index (χ3n) is 2.85. The summed E-state index contributed by atoms with van der Waals surface area (Å²) in [4.78, 5) is 11.8. The zero-order valence-electron chi connectivity index (χ0n) is 11.8. The van der Waals surface area contributed by atoms with Gasteiger partial charge >= 0.3 is 5.97 Å². The van der Waals surface area contributed by atoms with Crippen LogP contribution < -0.4 is 0 Å². The molecule has 0 bridgehead atoms. The molecule has 20 heavy (non-hydrogen) atoms. The number of benzene rings is 1. The smallest absolute Gasteiger partial charge is 0.303 e. The lowest BCUT2D eigenvalue weighted by Crippen LogP contribution is -2.04. The maximum atomic E-state index is 10.5. The Morgan fingerprint density at radius 1 is 1.20 bits per heavy atom. The molecule has 0 saturated heterocycles. The van der Waals surface area contributed by atoms with Gasteiger partial charge in [-0.3, -0.25) is 4.79 Å². The minimum absolute atomic E-state index is 0.301. The van der Waals surface area contributed by atoms with Crippen molar-refractivity contribution in [1.82, 2.24) is 0 Å². The van der Waals surface area contributed by atoms with Gasteiger partial charge in [-0.2, -0.15) is 0 Å². The fraction of sp³-hybridized carbons (Fsp3) is 0.533. The number of rotatable bonds is 11. The molecule has 1 atom stereocenters. The fourth-order valence-electron chi connectivity index (χ4n) is 1.85. The fourth-order valence-corrected chi connectivity index (χ4v) is 5.13. The van der Waals surface area contributed by atoms with Crippen LogP contribution in [-0.4, -0.2) is 28.3 Å². The van der Waals surface area contributed by atoms with E-state index in [1.165, 1.54) is 11.3 Å². The van der Waals surface area contributed by atoms with Crippen LogP contribution >= 0.6 is 33.3 Å². The number of hydrogen-bond acceptors (Lipinski definition) is 4. The van der Waals surface area contributed by atoms with Crippen LogP contribution in [0.1, 0.15) is 32.1 Å². The Bertz CT molecular complexity index is 371. The van der Waals surface area contributed by atoms with Crippen LogP contribution in [0.5, 0.6) is 0 Å². The van der Waals surface area contributed by atoms with Crippen molar-refractivity contribution in [1.29, 1.82) is 0 Å². The normalized spacial score (nSPS) is 12.2. The molecule has 2 nitrogen and oxygen atoms in total. The molecule has 0 aliphatic heterocycles. The van der Waals surface area contributed by atoms with Gasteiger partial charge in [-0.05, 0) is 43.4 Å². The van der Waals surface area contributed by atoms with Crippen LogP contribution in [-0.2, 0) is 4.79 Å². The third kappa shape index (κ3) is 8.82. The molecule has 0 aromatic heterocycles. The van der Waals surface area contributed by atoms with Crippen molar-refractivity contribution in [3.05, 3.63) is 30.3 Å². The van der Waals surface area contributed by atoms with Gasteiger partial charge in [0.2, 0.25) is 0 Å². The summed E-state index contributed by atoms with van der Waals surface area (Å²) in [6.07, 6.45) is 6.52. The Hall–Kier alpha value is -0.260. The molecule has 0 fully saturated rings. The van der Waals surface area contributed by atoms with Crippen LogP contribution in [0.15, 0.2) is 35.2 Å². The molecule has 5 heteroatoms. The van der Waals surface area contributed by atoms with Crippen molar-refractivity contribution in [2.24, 2.45) is 0 Å². The van der Waals surface area contributed by atoms with E-state index >= 15 is 0 Å². The quantitative estimate of drug-likeness (QED) is 0.343. The number of aliphatic carboxylic acids is 1. The van der Waals surface area contributed by atoms with E-state index in [1.807, 2.05) is 39.4 Å². The molecule has 1 rings (SSSR count). The first kappa shape index (κ1) is 17.8. The van der Waals surface area contributed by atoms with E-state index in [0.717, 1.165) is 25.0 Å². The summed E-state index contributed by atoms with van der Waals surface area (Å²) in [6.45, 7) is 0. The van der Waals surface area contributed by atoms with Crippen molar-refractivity contribution in [2.75, 3.05) is 12.0 Å². The van der Waals surface area contributed by atoms with Crippen LogP contribution in [0, 0.1) is 0 Å². The highest BCUT2D eigenvalue weighted by atomic mass is 33.1. The van der Waals surface area contributed by atoms with Crippen molar-refractivity contribution in [3.63, 3.8) is 0 Å². The lowest BCUT2D eigenvalue weighted by molar-refractivity contribution is -0.137. The van der Waals surface area contributed by atoms with Crippen molar-refractivity contribution >= 4 is 39.3 Å². The summed E-state index contributed by atoms with van der Waals surface area (Å²) in [6, 6.07) is 10.5. The van der Waals surface area contributed by atoms with Crippen LogP contribution in [0.25, 0.3) is 0 Å². The molecule has 0 saturated carbocycles. The van der Waals surface area contributed by atoms with E-state index in [1.54, 1.807) is 0 Å². The standard InChI is InChI=1S/C15H22O2S3/c1-18-20-14(9-5-6-10-15(16)17)11-12-19-13-7-3-2-4-8-13/h2-4,7-8,14H,5-6,9-12H2,1H3,(H,16,17).